The molecule has 20 heavy (non-hydrogen) atoms. The van der Waals surface area contributed by atoms with Crippen LogP contribution in [0.3, 0.4) is 0 Å². The first-order valence-corrected chi connectivity index (χ1v) is 6.85. The van der Waals surface area contributed by atoms with Gasteiger partial charge >= 0.3 is 5.97 Å². The fraction of sp³-hybridized carbons (Fsp3) is 0.467. The predicted molar refractivity (Wildman–Crippen MR) is 76.3 cm³/mol. The SMILES string of the molecule is CN(Cc1cccc(Cl)c1)C(=O)C1C(C(=O)O)C1(C)C. The second-order valence-corrected chi connectivity index (χ2v) is 6.38. The van der Waals surface area contributed by atoms with Crippen LogP contribution in [0.25, 0.3) is 0 Å². The van der Waals surface area contributed by atoms with Crippen molar-refractivity contribution < 1.29 is 14.7 Å². The minimum Gasteiger partial charge on any atom is -0.481 e. The monoisotopic (exact) mass is 295 g/mol. The molecule has 0 saturated heterocycles. The van der Waals surface area contributed by atoms with E-state index in [9.17, 15) is 9.59 Å². The molecule has 1 aromatic rings. The van der Waals surface area contributed by atoms with Gasteiger partial charge in [0.05, 0.1) is 11.8 Å². The highest BCUT2D eigenvalue weighted by atomic mass is 35.5. The number of aliphatic carboxylic acids is 1. The van der Waals surface area contributed by atoms with Crippen molar-refractivity contribution in [3.05, 3.63) is 34.9 Å². The summed E-state index contributed by atoms with van der Waals surface area (Å²) in [4.78, 5) is 25.1. The Bertz CT molecular complexity index is 556. The van der Waals surface area contributed by atoms with Crippen molar-refractivity contribution in [2.75, 3.05) is 7.05 Å². The van der Waals surface area contributed by atoms with Gasteiger partial charge in [0.2, 0.25) is 5.91 Å². The molecule has 108 valence electrons. The van der Waals surface area contributed by atoms with Gasteiger partial charge in [0, 0.05) is 18.6 Å². The molecule has 5 heteroatoms. The lowest BCUT2D eigenvalue weighted by molar-refractivity contribution is -0.141. The fourth-order valence-corrected chi connectivity index (χ4v) is 3.00. The molecule has 2 rings (SSSR count). The van der Waals surface area contributed by atoms with Gasteiger partial charge in [-0.15, -0.1) is 0 Å². The zero-order valence-electron chi connectivity index (χ0n) is 11.8. The standard InChI is InChI=1S/C15H18ClNO3/c1-15(2)11(12(15)14(19)20)13(18)17(3)8-9-5-4-6-10(16)7-9/h4-7,11-12H,8H2,1-3H3,(H,19,20). The molecule has 1 aromatic carbocycles. The molecule has 0 bridgehead atoms. The Morgan fingerprint density at radius 1 is 1.35 bits per heavy atom. The molecule has 0 aromatic heterocycles. The van der Waals surface area contributed by atoms with Crippen molar-refractivity contribution in [3.8, 4) is 0 Å². The molecule has 1 amide bonds. The van der Waals surface area contributed by atoms with E-state index in [1.54, 1.807) is 24.1 Å². The maximum absolute atomic E-state index is 12.4. The first kappa shape index (κ1) is 14.9. The number of hydrogen-bond donors (Lipinski definition) is 1. The number of carboxylic acid groups (broad SMARTS) is 1. The lowest BCUT2D eigenvalue weighted by atomic mass is 10.1. The van der Waals surface area contributed by atoms with Gasteiger partial charge in [-0.1, -0.05) is 37.6 Å². The van der Waals surface area contributed by atoms with Crippen LogP contribution in [0.5, 0.6) is 0 Å². The van der Waals surface area contributed by atoms with Crippen LogP contribution in [0.2, 0.25) is 5.02 Å². The van der Waals surface area contributed by atoms with E-state index in [1.165, 1.54) is 0 Å². The molecule has 0 heterocycles. The van der Waals surface area contributed by atoms with Crippen molar-refractivity contribution in [2.24, 2.45) is 17.3 Å². The molecule has 0 aliphatic heterocycles. The first-order chi connectivity index (χ1) is 9.25. The number of carbonyl (C=O) groups excluding carboxylic acids is 1. The molecule has 2 atom stereocenters. The number of amides is 1. The fourth-order valence-electron chi connectivity index (χ4n) is 2.78. The third-order valence-corrected chi connectivity index (χ3v) is 4.28. The van der Waals surface area contributed by atoms with E-state index < -0.39 is 23.2 Å². The summed E-state index contributed by atoms with van der Waals surface area (Å²) < 4.78 is 0. The van der Waals surface area contributed by atoms with Crippen molar-refractivity contribution in [2.45, 2.75) is 20.4 Å². The zero-order valence-corrected chi connectivity index (χ0v) is 12.5. The Labute approximate surface area is 123 Å². The Morgan fingerprint density at radius 3 is 2.50 bits per heavy atom. The van der Waals surface area contributed by atoms with Crippen LogP contribution in [0.4, 0.5) is 0 Å². The lowest BCUT2D eigenvalue weighted by Gasteiger charge is -2.18. The normalized spacial score (nSPS) is 23.2. The first-order valence-electron chi connectivity index (χ1n) is 6.47. The number of carboxylic acids is 1. The molecule has 1 aliphatic rings. The van der Waals surface area contributed by atoms with Crippen LogP contribution in [0, 0.1) is 17.3 Å². The molecular weight excluding hydrogens is 278 g/mol. The van der Waals surface area contributed by atoms with Gasteiger partial charge in [0.15, 0.2) is 0 Å². The van der Waals surface area contributed by atoms with E-state index in [0.717, 1.165) is 5.56 Å². The second-order valence-electron chi connectivity index (χ2n) is 5.94. The predicted octanol–water partition coefficient (Wildman–Crippen LogP) is 2.66. The maximum atomic E-state index is 12.4. The Hall–Kier alpha value is -1.55. The van der Waals surface area contributed by atoms with Crippen LogP contribution < -0.4 is 0 Å². The van der Waals surface area contributed by atoms with Gasteiger partial charge in [-0.25, -0.2) is 0 Å². The maximum Gasteiger partial charge on any atom is 0.307 e. The molecule has 0 radical (unpaired) electrons. The van der Waals surface area contributed by atoms with E-state index in [0.29, 0.717) is 11.6 Å². The summed E-state index contributed by atoms with van der Waals surface area (Å²) in [5.74, 6) is -2.05. The number of rotatable bonds is 4. The molecule has 2 unspecified atom stereocenters. The summed E-state index contributed by atoms with van der Waals surface area (Å²) in [6, 6.07) is 7.30. The highest BCUT2D eigenvalue weighted by Gasteiger charge is 2.66. The van der Waals surface area contributed by atoms with Gasteiger partial charge in [-0.05, 0) is 23.1 Å². The van der Waals surface area contributed by atoms with Gasteiger partial charge < -0.3 is 10.0 Å². The van der Waals surface area contributed by atoms with Crippen LogP contribution in [-0.4, -0.2) is 28.9 Å². The highest BCUT2D eigenvalue weighted by molar-refractivity contribution is 6.30. The lowest BCUT2D eigenvalue weighted by Crippen LogP contribution is -2.29. The molecule has 1 aliphatic carbocycles. The number of carbonyl (C=O) groups is 2. The molecule has 1 saturated carbocycles. The summed E-state index contributed by atoms with van der Waals surface area (Å²) in [5.41, 5.74) is 0.463. The van der Waals surface area contributed by atoms with Crippen LogP contribution in [-0.2, 0) is 16.1 Å². The van der Waals surface area contributed by atoms with Crippen LogP contribution >= 0.6 is 11.6 Å². The largest absolute Gasteiger partial charge is 0.481 e. The van der Waals surface area contributed by atoms with Crippen LogP contribution in [0.1, 0.15) is 19.4 Å². The van der Waals surface area contributed by atoms with Gasteiger partial charge in [-0.2, -0.15) is 0 Å². The van der Waals surface area contributed by atoms with E-state index in [1.807, 2.05) is 26.0 Å². The minimum atomic E-state index is -0.899. The zero-order chi connectivity index (χ0) is 15.1. The molecule has 4 nitrogen and oxygen atoms in total. The summed E-state index contributed by atoms with van der Waals surface area (Å²) in [6.45, 7) is 4.07. The average Bonchev–Trinajstić information content (AvgIpc) is 2.91. The number of hydrogen-bond acceptors (Lipinski definition) is 2. The Kier molecular flexibility index (Phi) is 3.78. The van der Waals surface area contributed by atoms with Crippen molar-refractivity contribution in [3.63, 3.8) is 0 Å². The van der Waals surface area contributed by atoms with Crippen molar-refractivity contribution >= 4 is 23.5 Å². The van der Waals surface area contributed by atoms with Gasteiger partial charge in [-0.3, -0.25) is 9.59 Å². The van der Waals surface area contributed by atoms with Gasteiger partial charge in [0.25, 0.3) is 0 Å². The molecule has 1 fully saturated rings. The molecule has 0 spiro atoms. The van der Waals surface area contributed by atoms with Crippen molar-refractivity contribution in [1.82, 2.24) is 4.90 Å². The second kappa shape index (κ2) is 5.09. The third-order valence-electron chi connectivity index (χ3n) is 4.04. The smallest absolute Gasteiger partial charge is 0.307 e. The number of benzene rings is 1. The summed E-state index contributed by atoms with van der Waals surface area (Å²) >= 11 is 5.91. The topological polar surface area (TPSA) is 57.6 Å². The van der Waals surface area contributed by atoms with E-state index >= 15 is 0 Å². The van der Waals surface area contributed by atoms with E-state index in [4.69, 9.17) is 16.7 Å². The Balaban J connectivity index is 2.05. The van der Waals surface area contributed by atoms with Gasteiger partial charge in [0.1, 0.15) is 0 Å². The van der Waals surface area contributed by atoms with Crippen molar-refractivity contribution in [1.29, 1.82) is 0 Å². The summed E-state index contributed by atoms with van der Waals surface area (Å²) in [5, 5.41) is 9.75. The Morgan fingerprint density at radius 2 is 2.00 bits per heavy atom. The molecular formula is C15H18ClNO3. The average molecular weight is 296 g/mol. The van der Waals surface area contributed by atoms with Crippen LogP contribution in [0.15, 0.2) is 24.3 Å². The third kappa shape index (κ3) is 2.66. The van der Waals surface area contributed by atoms with E-state index in [-0.39, 0.29) is 5.91 Å². The number of halogens is 1. The van der Waals surface area contributed by atoms with E-state index in [2.05, 4.69) is 0 Å². The number of nitrogens with zero attached hydrogens (tertiary/aromatic N) is 1. The summed E-state index contributed by atoms with van der Waals surface area (Å²) in [6.07, 6.45) is 0. The quantitative estimate of drug-likeness (QED) is 0.929. The molecule has 1 N–H and O–H groups in total. The summed E-state index contributed by atoms with van der Waals surface area (Å²) in [7, 11) is 1.69. The minimum absolute atomic E-state index is 0.123. The highest BCUT2D eigenvalue weighted by Crippen LogP contribution is 2.58.